The third-order valence-corrected chi connectivity index (χ3v) is 2.89. The molecule has 1 aliphatic rings. The lowest BCUT2D eigenvalue weighted by molar-refractivity contribution is 0.374. The Morgan fingerprint density at radius 2 is 2.23 bits per heavy atom. The fourth-order valence-corrected chi connectivity index (χ4v) is 2.12. The number of aryl methyl sites for hydroxylation is 1. The second-order valence-corrected chi connectivity index (χ2v) is 4.01. The van der Waals surface area contributed by atoms with Crippen molar-refractivity contribution < 1.29 is 0 Å². The largest absolute Gasteiger partial charge is 0.346 e. The van der Waals surface area contributed by atoms with Gasteiger partial charge in [-0.1, -0.05) is 12.8 Å². The summed E-state index contributed by atoms with van der Waals surface area (Å²) in [5.41, 5.74) is 7.19. The van der Waals surface area contributed by atoms with E-state index in [1.54, 1.807) is 0 Å². The maximum absolute atomic E-state index is 6.06. The lowest BCUT2D eigenvalue weighted by Crippen LogP contribution is -2.31. The van der Waals surface area contributed by atoms with E-state index in [9.17, 15) is 0 Å². The van der Waals surface area contributed by atoms with Gasteiger partial charge in [0.05, 0.1) is 0 Å². The lowest BCUT2D eigenvalue weighted by atomic mass is 9.84. The van der Waals surface area contributed by atoms with Crippen LogP contribution in [-0.2, 0) is 0 Å². The van der Waals surface area contributed by atoms with Gasteiger partial charge in [0.2, 0.25) is 0 Å². The highest BCUT2D eigenvalue weighted by atomic mass is 14.9. The molecule has 0 aromatic carbocycles. The minimum Gasteiger partial charge on any atom is -0.346 e. The van der Waals surface area contributed by atoms with Gasteiger partial charge in [0.1, 0.15) is 5.82 Å². The van der Waals surface area contributed by atoms with Crippen LogP contribution in [0.1, 0.15) is 43.1 Å². The molecule has 3 nitrogen and oxygen atoms in total. The monoisotopic (exact) mass is 179 g/mol. The van der Waals surface area contributed by atoms with E-state index >= 15 is 0 Å². The van der Waals surface area contributed by atoms with Gasteiger partial charge in [-0.2, -0.15) is 0 Å². The van der Waals surface area contributed by atoms with Gasteiger partial charge in [-0.05, 0) is 19.8 Å². The normalized spacial score (nSPS) is 29.1. The van der Waals surface area contributed by atoms with Crippen LogP contribution in [0.2, 0.25) is 0 Å². The highest BCUT2D eigenvalue weighted by Crippen LogP contribution is 2.29. The summed E-state index contributed by atoms with van der Waals surface area (Å²) in [6, 6.07) is 0.305. The molecule has 72 valence electrons. The molecule has 0 bridgehead atoms. The maximum Gasteiger partial charge on any atom is 0.110 e. The second-order valence-electron chi connectivity index (χ2n) is 4.01. The van der Waals surface area contributed by atoms with Crippen molar-refractivity contribution in [2.45, 2.75) is 44.6 Å². The highest BCUT2D eigenvalue weighted by molar-refractivity contribution is 5.07. The Balaban J connectivity index is 2.14. The fourth-order valence-electron chi connectivity index (χ4n) is 2.12. The molecule has 3 heteroatoms. The number of aromatic nitrogens is 2. The summed E-state index contributed by atoms with van der Waals surface area (Å²) >= 11 is 0. The summed E-state index contributed by atoms with van der Waals surface area (Å²) < 4.78 is 0. The van der Waals surface area contributed by atoms with E-state index in [4.69, 9.17) is 5.73 Å². The molecule has 1 aromatic rings. The molecule has 1 aromatic heterocycles. The SMILES string of the molecule is Cc1cnc(C2CCCCC2N)[nH]1. The Kier molecular flexibility index (Phi) is 2.36. The van der Waals surface area contributed by atoms with Crippen LogP contribution in [-0.4, -0.2) is 16.0 Å². The third kappa shape index (κ3) is 1.75. The molecular formula is C10H17N3. The zero-order valence-electron chi connectivity index (χ0n) is 8.09. The van der Waals surface area contributed by atoms with E-state index in [1.165, 1.54) is 19.3 Å². The topological polar surface area (TPSA) is 54.7 Å². The summed E-state index contributed by atoms with van der Waals surface area (Å²) in [5, 5.41) is 0. The van der Waals surface area contributed by atoms with Crippen LogP contribution in [0.5, 0.6) is 0 Å². The standard InChI is InChI=1S/C10H17N3/c1-7-6-12-10(13-7)8-4-2-3-5-9(8)11/h6,8-9H,2-5,11H2,1H3,(H,12,13). The van der Waals surface area contributed by atoms with Crippen molar-refractivity contribution in [3.05, 3.63) is 17.7 Å². The van der Waals surface area contributed by atoms with Gasteiger partial charge in [-0.3, -0.25) is 0 Å². The van der Waals surface area contributed by atoms with Crippen LogP contribution in [0.4, 0.5) is 0 Å². The molecule has 0 aliphatic heterocycles. The molecule has 0 radical (unpaired) electrons. The molecule has 0 spiro atoms. The van der Waals surface area contributed by atoms with Gasteiger partial charge in [-0.25, -0.2) is 4.98 Å². The number of aromatic amines is 1. The summed E-state index contributed by atoms with van der Waals surface area (Å²) in [6.45, 7) is 2.03. The Bertz CT molecular complexity index is 279. The summed E-state index contributed by atoms with van der Waals surface area (Å²) in [4.78, 5) is 7.64. The van der Waals surface area contributed by atoms with Crippen LogP contribution in [0, 0.1) is 6.92 Å². The molecule has 0 saturated heterocycles. The minimum atomic E-state index is 0.305. The average Bonchev–Trinajstić information content (AvgIpc) is 2.53. The van der Waals surface area contributed by atoms with Crippen LogP contribution in [0.25, 0.3) is 0 Å². The van der Waals surface area contributed by atoms with E-state index in [2.05, 4.69) is 9.97 Å². The molecule has 1 fully saturated rings. The summed E-state index contributed by atoms with van der Waals surface area (Å²) in [5.74, 6) is 1.55. The Morgan fingerprint density at radius 1 is 1.46 bits per heavy atom. The molecule has 2 atom stereocenters. The molecule has 2 rings (SSSR count). The van der Waals surface area contributed by atoms with E-state index in [0.29, 0.717) is 12.0 Å². The number of H-pyrrole nitrogens is 1. The molecule has 3 N–H and O–H groups in total. The van der Waals surface area contributed by atoms with Crippen molar-refractivity contribution in [2.24, 2.45) is 5.73 Å². The minimum absolute atomic E-state index is 0.305. The number of hydrogen-bond donors (Lipinski definition) is 2. The third-order valence-electron chi connectivity index (χ3n) is 2.89. The Hall–Kier alpha value is -0.830. The molecule has 0 amide bonds. The van der Waals surface area contributed by atoms with Gasteiger partial charge in [0, 0.05) is 23.9 Å². The number of rotatable bonds is 1. The van der Waals surface area contributed by atoms with Crippen molar-refractivity contribution >= 4 is 0 Å². The van der Waals surface area contributed by atoms with Crippen molar-refractivity contribution in [3.8, 4) is 0 Å². The molecule has 2 unspecified atom stereocenters. The van der Waals surface area contributed by atoms with E-state index < -0.39 is 0 Å². The van der Waals surface area contributed by atoms with E-state index in [0.717, 1.165) is 17.9 Å². The first-order chi connectivity index (χ1) is 6.27. The second kappa shape index (κ2) is 3.50. The average molecular weight is 179 g/mol. The molecule has 1 heterocycles. The number of imidazole rings is 1. The van der Waals surface area contributed by atoms with Crippen molar-refractivity contribution in [1.29, 1.82) is 0 Å². The van der Waals surface area contributed by atoms with Crippen LogP contribution >= 0.6 is 0 Å². The fraction of sp³-hybridized carbons (Fsp3) is 0.700. The molecule has 1 saturated carbocycles. The van der Waals surface area contributed by atoms with Gasteiger partial charge < -0.3 is 10.7 Å². The van der Waals surface area contributed by atoms with Gasteiger partial charge in [-0.15, -0.1) is 0 Å². The van der Waals surface area contributed by atoms with Crippen molar-refractivity contribution in [3.63, 3.8) is 0 Å². The summed E-state index contributed by atoms with van der Waals surface area (Å²) in [6.07, 6.45) is 6.78. The quantitative estimate of drug-likeness (QED) is 0.689. The number of nitrogens with one attached hydrogen (secondary N) is 1. The van der Waals surface area contributed by atoms with Crippen molar-refractivity contribution in [1.82, 2.24) is 9.97 Å². The number of nitrogens with two attached hydrogens (primary N) is 1. The number of nitrogens with zero attached hydrogens (tertiary/aromatic N) is 1. The van der Waals surface area contributed by atoms with Gasteiger partial charge >= 0.3 is 0 Å². The van der Waals surface area contributed by atoms with Gasteiger partial charge in [0.15, 0.2) is 0 Å². The van der Waals surface area contributed by atoms with Crippen LogP contribution in [0.15, 0.2) is 6.20 Å². The highest BCUT2D eigenvalue weighted by Gasteiger charge is 2.25. The molecule has 1 aliphatic carbocycles. The first kappa shape index (κ1) is 8.75. The Labute approximate surface area is 78.7 Å². The van der Waals surface area contributed by atoms with E-state index in [-0.39, 0.29) is 0 Å². The molecule has 13 heavy (non-hydrogen) atoms. The number of hydrogen-bond acceptors (Lipinski definition) is 2. The van der Waals surface area contributed by atoms with Crippen molar-refractivity contribution in [2.75, 3.05) is 0 Å². The van der Waals surface area contributed by atoms with Crippen LogP contribution < -0.4 is 5.73 Å². The zero-order chi connectivity index (χ0) is 9.26. The Morgan fingerprint density at radius 3 is 2.85 bits per heavy atom. The molecular weight excluding hydrogens is 162 g/mol. The van der Waals surface area contributed by atoms with E-state index in [1.807, 2.05) is 13.1 Å². The van der Waals surface area contributed by atoms with Gasteiger partial charge in [0.25, 0.3) is 0 Å². The first-order valence-electron chi connectivity index (χ1n) is 5.04. The summed E-state index contributed by atoms with van der Waals surface area (Å²) in [7, 11) is 0. The predicted octanol–water partition coefficient (Wildman–Crippen LogP) is 1.70. The first-order valence-corrected chi connectivity index (χ1v) is 5.04. The smallest absolute Gasteiger partial charge is 0.110 e. The lowest BCUT2D eigenvalue weighted by Gasteiger charge is -2.26. The predicted molar refractivity (Wildman–Crippen MR) is 52.5 cm³/mol. The zero-order valence-corrected chi connectivity index (χ0v) is 8.09. The van der Waals surface area contributed by atoms with Crippen LogP contribution in [0.3, 0.4) is 0 Å². The maximum atomic E-state index is 6.06.